The Morgan fingerprint density at radius 2 is 1.97 bits per heavy atom. The average Bonchev–Trinajstić information content (AvgIpc) is 3.27. The molecule has 1 saturated carbocycles. The molecule has 3 fully saturated rings. The van der Waals surface area contributed by atoms with Gasteiger partial charge in [-0.15, -0.1) is 0 Å². The van der Waals surface area contributed by atoms with Crippen molar-refractivity contribution in [2.75, 3.05) is 12.3 Å². The van der Waals surface area contributed by atoms with Crippen LogP contribution in [0.1, 0.15) is 63.0 Å². The Labute approximate surface area is 194 Å². The van der Waals surface area contributed by atoms with Gasteiger partial charge in [-0.25, -0.2) is 9.79 Å². The Hall–Kier alpha value is -2.35. The second-order valence-corrected chi connectivity index (χ2v) is 10.1. The predicted octanol–water partition coefficient (Wildman–Crippen LogP) is 4.29. The summed E-state index contributed by atoms with van der Waals surface area (Å²) in [4.78, 5) is 46.6. The average molecular weight is 457 g/mol. The van der Waals surface area contributed by atoms with E-state index in [1.807, 2.05) is 26.0 Å². The quantitative estimate of drug-likeness (QED) is 0.670. The summed E-state index contributed by atoms with van der Waals surface area (Å²) in [6, 6.07) is 5.80. The van der Waals surface area contributed by atoms with Crippen molar-refractivity contribution in [2.24, 2.45) is 4.99 Å². The number of carbonyl (C=O) groups is 3. The molecule has 7 nitrogen and oxygen atoms in total. The van der Waals surface area contributed by atoms with E-state index in [0.29, 0.717) is 18.0 Å². The Balaban J connectivity index is 1.47. The number of urea groups is 1. The third-order valence-corrected chi connectivity index (χ3v) is 7.88. The van der Waals surface area contributed by atoms with Crippen molar-refractivity contribution < 1.29 is 14.4 Å². The van der Waals surface area contributed by atoms with Crippen molar-refractivity contribution in [1.29, 1.82) is 0 Å². The van der Waals surface area contributed by atoms with Crippen molar-refractivity contribution in [2.45, 2.75) is 77.3 Å². The normalized spacial score (nSPS) is 24.0. The minimum absolute atomic E-state index is 0.0739. The smallest absolute Gasteiger partial charge is 0.323 e. The number of amidine groups is 1. The van der Waals surface area contributed by atoms with Crippen molar-refractivity contribution in [1.82, 2.24) is 15.1 Å². The third kappa shape index (κ3) is 4.29. The molecule has 32 heavy (non-hydrogen) atoms. The number of thioether (sulfide) groups is 1. The fourth-order valence-corrected chi connectivity index (χ4v) is 6.18. The molecule has 1 aliphatic carbocycles. The monoisotopic (exact) mass is 456 g/mol. The topological polar surface area (TPSA) is 82.1 Å². The number of aliphatic imine (C=N–C) groups is 1. The van der Waals surface area contributed by atoms with E-state index in [9.17, 15) is 14.4 Å². The molecule has 2 saturated heterocycles. The van der Waals surface area contributed by atoms with Crippen LogP contribution in [0.4, 0.5) is 10.5 Å². The summed E-state index contributed by atoms with van der Waals surface area (Å²) in [5.74, 6) is 0.552. The van der Waals surface area contributed by atoms with Gasteiger partial charge < -0.3 is 5.32 Å². The van der Waals surface area contributed by atoms with E-state index < -0.39 is 5.54 Å². The summed E-state index contributed by atoms with van der Waals surface area (Å²) in [5, 5.41) is 3.62. The van der Waals surface area contributed by atoms with Gasteiger partial charge >= 0.3 is 6.03 Å². The Bertz CT molecular complexity index is 955. The maximum Gasteiger partial charge on any atom is 0.325 e. The summed E-state index contributed by atoms with van der Waals surface area (Å²) in [6.07, 6.45) is 5.30. The van der Waals surface area contributed by atoms with Gasteiger partial charge in [-0.1, -0.05) is 55.6 Å². The Morgan fingerprint density at radius 1 is 1.22 bits per heavy atom. The first-order chi connectivity index (χ1) is 15.3. The van der Waals surface area contributed by atoms with E-state index in [1.165, 1.54) is 10.5 Å². The third-order valence-electron chi connectivity index (χ3n) is 6.79. The predicted molar refractivity (Wildman–Crippen MR) is 127 cm³/mol. The van der Waals surface area contributed by atoms with Crippen molar-refractivity contribution in [3.05, 3.63) is 29.3 Å². The number of nitrogens with zero attached hydrogens (tertiary/aromatic N) is 3. The molecule has 1 N–H and O–H groups in total. The van der Waals surface area contributed by atoms with Crippen molar-refractivity contribution in [3.8, 4) is 0 Å². The van der Waals surface area contributed by atoms with Crippen LogP contribution in [0.3, 0.4) is 0 Å². The van der Waals surface area contributed by atoms with Gasteiger partial charge in [0, 0.05) is 24.8 Å². The number of hydrogen-bond donors (Lipinski definition) is 1. The fraction of sp³-hybridized carbons (Fsp3) is 0.583. The molecule has 0 radical (unpaired) electrons. The largest absolute Gasteiger partial charge is 0.325 e. The summed E-state index contributed by atoms with van der Waals surface area (Å²) in [5.41, 5.74) is 2.36. The summed E-state index contributed by atoms with van der Waals surface area (Å²) in [7, 11) is 0. The highest BCUT2D eigenvalue weighted by molar-refractivity contribution is 8.14. The van der Waals surface area contributed by atoms with Gasteiger partial charge in [-0.3, -0.25) is 19.4 Å². The summed E-state index contributed by atoms with van der Waals surface area (Å²) >= 11 is 1.59. The number of rotatable bonds is 5. The summed E-state index contributed by atoms with van der Waals surface area (Å²) < 4.78 is 0. The van der Waals surface area contributed by atoms with Crippen LogP contribution in [0.5, 0.6) is 0 Å². The number of carbonyl (C=O) groups excluding carboxylic acids is 3. The first-order valence-electron chi connectivity index (χ1n) is 11.6. The first kappa shape index (κ1) is 22.8. The van der Waals surface area contributed by atoms with Gasteiger partial charge in [0.2, 0.25) is 5.91 Å². The highest BCUT2D eigenvalue weighted by Crippen LogP contribution is 2.34. The zero-order valence-electron chi connectivity index (χ0n) is 19.1. The zero-order valence-corrected chi connectivity index (χ0v) is 20.0. The van der Waals surface area contributed by atoms with E-state index in [-0.39, 0.29) is 36.9 Å². The lowest BCUT2D eigenvalue weighted by atomic mass is 9.82. The number of hydrogen-bond acceptors (Lipinski definition) is 5. The second kappa shape index (κ2) is 9.25. The maximum atomic E-state index is 13.3. The van der Waals surface area contributed by atoms with E-state index >= 15 is 0 Å². The second-order valence-electron chi connectivity index (χ2n) is 9.10. The zero-order chi connectivity index (χ0) is 22.9. The van der Waals surface area contributed by atoms with Crippen LogP contribution in [0.2, 0.25) is 0 Å². The van der Waals surface area contributed by atoms with Crippen LogP contribution in [0.25, 0.3) is 0 Å². The minimum atomic E-state index is -0.747. The van der Waals surface area contributed by atoms with Crippen LogP contribution in [-0.2, 0) is 9.59 Å². The van der Waals surface area contributed by atoms with Crippen LogP contribution in [0, 0.1) is 13.8 Å². The van der Waals surface area contributed by atoms with Gasteiger partial charge in [0.25, 0.3) is 5.91 Å². The molecule has 2 heterocycles. The highest BCUT2D eigenvalue weighted by Gasteiger charge is 2.51. The molecule has 1 aromatic carbocycles. The molecule has 4 amide bonds. The molecule has 1 spiro atoms. The van der Waals surface area contributed by atoms with E-state index in [0.717, 1.165) is 42.7 Å². The van der Waals surface area contributed by atoms with E-state index in [4.69, 9.17) is 4.99 Å². The molecule has 2 aliphatic heterocycles. The first-order valence-corrected chi connectivity index (χ1v) is 12.6. The van der Waals surface area contributed by atoms with E-state index in [1.54, 1.807) is 16.7 Å². The van der Waals surface area contributed by atoms with Crippen LogP contribution < -0.4 is 5.32 Å². The van der Waals surface area contributed by atoms with Crippen molar-refractivity contribution >= 4 is 40.5 Å². The van der Waals surface area contributed by atoms with Gasteiger partial charge in [-0.2, -0.15) is 0 Å². The van der Waals surface area contributed by atoms with Gasteiger partial charge in [0.1, 0.15) is 5.54 Å². The van der Waals surface area contributed by atoms with E-state index in [2.05, 4.69) is 18.3 Å². The lowest BCUT2D eigenvalue weighted by molar-refractivity contribution is -0.133. The maximum absolute atomic E-state index is 13.3. The van der Waals surface area contributed by atoms with Crippen LogP contribution >= 0.6 is 11.8 Å². The summed E-state index contributed by atoms with van der Waals surface area (Å²) in [6.45, 7) is 6.24. The van der Waals surface area contributed by atoms with Gasteiger partial charge in [-0.05, 0) is 44.7 Å². The molecule has 172 valence electrons. The fourth-order valence-electron chi connectivity index (χ4n) is 4.90. The number of aryl methyl sites for hydroxylation is 2. The molecule has 4 rings (SSSR count). The molecular formula is C24H32N4O3S. The molecule has 3 aliphatic rings. The number of benzene rings is 1. The molecule has 1 atom stereocenters. The molecule has 0 aromatic heterocycles. The SMILES string of the molecule is CCC1CSC(=Nc2ccc(C)cc2C)N1C(=O)CCN1C(=O)NC2(CCCCC2)C1=O. The number of amides is 4. The Morgan fingerprint density at radius 3 is 2.66 bits per heavy atom. The molecule has 8 heteroatoms. The molecule has 1 aromatic rings. The highest BCUT2D eigenvalue weighted by atomic mass is 32.2. The Kier molecular flexibility index (Phi) is 6.60. The number of imide groups is 1. The van der Waals surface area contributed by atoms with Crippen LogP contribution in [0.15, 0.2) is 23.2 Å². The van der Waals surface area contributed by atoms with Gasteiger partial charge in [0.05, 0.1) is 5.69 Å². The molecule has 0 bridgehead atoms. The lowest BCUT2D eigenvalue weighted by Crippen LogP contribution is -2.48. The number of nitrogens with one attached hydrogen (secondary N) is 1. The molecular weight excluding hydrogens is 424 g/mol. The molecule has 1 unspecified atom stereocenters. The van der Waals surface area contributed by atoms with Crippen LogP contribution in [-0.4, -0.2) is 56.7 Å². The lowest BCUT2D eigenvalue weighted by Gasteiger charge is -2.30. The standard InChI is InChI=1S/C24H32N4O3S/c1-4-18-15-32-23(25-19-9-8-16(2)14-17(19)3)28(18)20(29)10-13-27-21(30)24(26-22(27)31)11-6-5-7-12-24/h8-9,14,18H,4-7,10-13,15H2,1-3H3,(H,26,31). The minimum Gasteiger partial charge on any atom is -0.323 e. The van der Waals surface area contributed by atoms with Gasteiger partial charge in [0.15, 0.2) is 5.17 Å². The van der Waals surface area contributed by atoms with Crippen molar-refractivity contribution in [3.63, 3.8) is 0 Å².